The van der Waals surface area contributed by atoms with E-state index in [4.69, 9.17) is 33.2 Å². The number of carbonyl (C=O) groups is 1. The third-order valence-corrected chi connectivity index (χ3v) is 14.3. The molecule has 15 atom stereocenters. The van der Waals surface area contributed by atoms with Crippen molar-refractivity contribution in [3.8, 4) is 6.07 Å². The van der Waals surface area contributed by atoms with Gasteiger partial charge >= 0.3 is 7.82 Å². The molecular formula is C49H79N4O15P. The number of likely N-dealkylation sites (N-methyl/N-ethyl adjacent to an activating group) is 1. The molecule has 19 nitrogen and oxygen atoms in total. The number of amides is 1. The van der Waals surface area contributed by atoms with E-state index in [0.29, 0.717) is 18.0 Å². The second kappa shape index (κ2) is 26.9. The van der Waals surface area contributed by atoms with Gasteiger partial charge in [-0.25, -0.2) is 9.55 Å². The van der Waals surface area contributed by atoms with Crippen LogP contribution in [0.5, 0.6) is 0 Å². The van der Waals surface area contributed by atoms with Gasteiger partial charge in [-0.2, -0.15) is 5.26 Å². The SMILES string of the molecule is COCC(C(O)C(O)C(=O)NCCC(C)c1nc(C=CCC2OC3(CC(O)C2C)OC(C(CC(O)C(C)C(O)C(C)C=C(C)C(C)=C/C=C/C=CC#N)OC)C(OP(=O)(O)O)C3(C)C)co1)N(C)C. The molecule has 1 aromatic rings. The van der Waals surface area contributed by atoms with E-state index in [9.17, 15) is 44.7 Å². The standard InChI is InChI=1S/C49H79N4O15P/c1-29(18-15-13-14-16-22-50)31(3)24-32(4)41(56)34(6)37(54)25-40(64-12)44-45(68-69(60,61)62)48(7,8)49(67-44)26-38(55)33(5)39(66-49)20-17-19-35-27-65-47(52-35)30(2)21-23-51-46(59)43(58)42(57)36(28-63-11)53(9)10/h13-19,24,27,30,32-34,36-45,54-58H,20-21,23,25-26,28H2,1-12H3,(H,51,59)(H2,60,61,62)/b15-13+,16-14?,19-17?,29-18?,31-24?. The molecule has 3 rings (SSSR count). The Morgan fingerprint density at radius 1 is 1.07 bits per heavy atom. The van der Waals surface area contributed by atoms with Crippen LogP contribution in [-0.4, -0.2) is 159 Å². The highest BCUT2D eigenvalue weighted by Crippen LogP contribution is 2.59. The Morgan fingerprint density at radius 2 is 1.75 bits per heavy atom. The molecule has 2 fully saturated rings. The number of nitrogens with one attached hydrogen (secondary N) is 1. The second-order valence-electron chi connectivity index (χ2n) is 19.4. The number of carbonyl (C=O) groups excluding carboxylic acids is 1. The van der Waals surface area contributed by atoms with E-state index >= 15 is 0 Å². The van der Waals surface area contributed by atoms with E-state index in [-0.39, 0.29) is 44.2 Å². The molecule has 20 heteroatoms. The second-order valence-corrected chi connectivity index (χ2v) is 20.6. The van der Waals surface area contributed by atoms with Crippen LogP contribution in [0.1, 0.15) is 98.6 Å². The summed E-state index contributed by atoms with van der Waals surface area (Å²) in [5.41, 5.74) is 1.06. The maximum atomic E-state index is 12.6. The number of aromatic nitrogens is 1. The largest absolute Gasteiger partial charge is 0.469 e. The van der Waals surface area contributed by atoms with Crippen LogP contribution < -0.4 is 5.32 Å². The molecule has 8 N–H and O–H groups in total. The molecule has 390 valence electrons. The lowest BCUT2D eigenvalue weighted by molar-refractivity contribution is -0.334. The number of nitriles is 1. The van der Waals surface area contributed by atoms with Crippen molar-refractivity contribution in [1.29, 1.82) is 5.26 Å². The summed E-state index contributed by atoms with van der Waals surface area (Å²) < 4.78 is 48.2. The molecule has 0 radical (unpaired) electrons. The van der Waals surface area contributed by atoms with E-state index in [1.165, 1.54) is 26.6 Å². The van der Waals surface area contributed by atoms with Crippen LogP contribution in [0.4, 0.5) is 0 Å². The summed E-state index contributed by atoms with van der Waals surface area (Å²) in [4.78, 5) is 39.2. The number of hydrogen-bond donors (Lipinski definition) is 8. The predicted molar refractivity (Wildman–Crippen MR) is 258 cm³/mol. The lowest BCUT2D eigenvalue weighted by Gasteiger charge is -2.50. The summed E-state index contributed by atoms with van der Waals surface area (Å²) >= 11 is 0. The molecule has 1 amide bonds. The van der Waals surface area contributed by atoms with Crippen molar-refractivity contribution in [3.05, 3.63) is 71.5 Å². The molecule has 2 aliphatic heterocycles. The van der Waals surface area contributed by atoms with Crippen molar-refractivity contribution < 1.29 is 72.6 Å². The Kier molecular flexibility index (Phi) is 23.3. The van der Waals surface area contributed by atoms with E-state index in [0.717, 1.165) is 11.1 Å². The van der Waals surface area contributed by atoms with Crippen LogP contribution in [-0.2, 0) is 32.8 Å². The van der Waals surface area contributed by atoms with E-state index in [1.807, 2.05) is 58.9 Å². The summed E-state index contributed by atoms with van der Waals surface area (Å²) in [6, 6.07) is 1.33. The third kappa shape index (κ3) is 16.3. The molecule has 15 unspecified atom stereocenters. The molecule has 1 aromatic heterocycles. The molecule has 0 saturated carbocycles. The van der Waals surface area contributed by atoms with Crippen molar-refractivity contribution in [1.82, 2.24) is 15.2 Å². The normalized spacial score (nSPS) is 27.7. The van der Waals surface area contributed by atoms with Gasteiger partial charge in [-0.3, -0.25) is 9.32 Å². The lowest BCUT2D eigenvalue weighted by Crippen LogP contribution is -2.58. The van der Waals surface area contributed by atoms with Gasteiger partial charge in [0.1, 0.15) is 30.3 Å². The molecule has 69 heavy (non-hydrogen) atoms. The number of aliphatic hydroxyl groups excluding tert-OH is 5. The maximum absolute atomic E-state index is 12.6. The van der Waals surface area contributed by atoms with Crippen LogP contribution in [0.15, 0.2) is 64.4 Å². The summed E-state index contributed by atoms with van der Waals surface area (Å²) in [7, 11) is 1.12. The molecule has 0 aromatic carbocycles. The number of aliphatic hydroxyl groups is 5. The highest BCUT2D eigenvalue weighted by molar-refractivity contribution is 7.46. The van der Waals surface area contributed by atoms with Gasteiger partial charge in [0.05, 0.1) is 49.2 Å². The van der Waals surface area contributed by atoms with Gasteiger partial charge < -0.3 is 68.9 Å². The minimum atomic E-state index is -5.15. The fraction of sp³-hybridized carbons (Fsp3) is 0.694. The van der Waals surface area contributed by atoms with Gasteiger partial charge in [-0.05, 0) is 52.4 Å². The summed E-state index contributed by atoms with van der Waals surface area (Å²) in [5, 5.41) is 66.8. The fourth-order valence-electron chi connectivity index (χ4n) is 8.83. The summed E-state index contributed by atoms with van der Waals surface area (Å²) in [6.07, 6.45) is 5.51. The minimum Gasteiger partial charge on any atom is -0.448 e. The first-order chi connectivity index (χ1) is 32.2. The fourth-order valence-corrected chi connectivity index (χ4v) is 9.51. The Balaban J connectivity index is 1.74. The number of ether oxygens (including phenoxy) is 4. The zero-order chi connectivity index (χ0) is 52.0. The molecule has 3 heterocycles. The van der Waals surface area contributed by atoms with Gasteiger partial charge in [0.15, 0.2) is 17.8 Å². The first-order valence-electron chi connectivity index (χ1n) is 23.4. The predicted octanol–water partition coefficient (Wildman–Crippen LogP) is 4.30. The average Bonchev–Trinajstić information content (AvgIpc) is 3.84. The van der Waals surface area contributed by atoms with Crippen LogP contribution in [0.2, 0.25) is 0 Å². The number of rotatable bonds is 26. The number of hydrogen-bond acceptors (Lipinski definition) is 16. The molecule has 2 aliphatic rings. The minimum absolute atomic E-state index is 0.0641. The first-order valence-corrected chi connectivity index (χ1v) is 24.9. The van der Waals surface area contributed by atoms with Gasteiger partial charge in [0, 0.05) is 68.8 Å². The van der Waals surface area contributed by atoms with E-state index < -0.39 is 97.7 Å². The van der Waals surface area contributed by atoms with Crippen molar-refractivity contribution in [2.75, 3.05) is 41.5 Å². The average molecular weight is 995 g/mol. The summed E-state index contributed by atoms with van der Waals surface area (Å²) in [6.45, 7) is 14.7. The zero-order valence-corrected chi connectivity index (χ0v) is 43.1. The van der Waals surface area contributed by atoms with Crippen molar-refractivity contribution in [3.63, 3.8) is 0 Å². The Hall–Kier alpha value is -3.42. The van der Waals surface area contributed by atoms with Crippen molar-refractivity contribution >= 4 is 19.8 Å². The monoisotopic (exact) mass is 995 g/mol. The molecule has 2 saturated heterocycles. The lowest BCUT2D eigenvalue weighted by atomic mass is 9.72. The van der Waals surface area contributed by atoms with Crippen LogP contribution >= 0.6 is 7.82 Å². The Morgan fingerprint density at radius 3 is 2.36 bits per heavy atom. The van der Waals surface area contributed by atoms with Crippen LogP contribution in [0, 0.1) is 34.5 Å². The van der Waals surface area contributed by atoms with Crippen molar-refractivity contribution in [2.24, 2.45) is 23.2 Å². The number of allylic oxidation sites excluding steroid dienone is 7. The number of nitrogens with zero attached hydrogens (tertiary/aromatic N) is 3. The van der Waals surface area contributed by atoms with Gasteiger partial charge in [-0.15, -0.1) is 0 Å². The topological polar surface area (TPSA) is 287 Å². The van der Waals surface area contributed by atoms with Crippen molar-refractivity contribution in [2.45, 2.75) is 154 Å². The number of phosphoric acid groups is 1. The highest BCUT2D eigenvalue weighted by atomic mass is 31.2. The quantitative estimate of drug-likeness (QED) is 0.0365. The first kappa shape index (κ1) is 59.9. The molecule has 0 bridgehead atoms. The van der Waals surface area contributed by atoms with Gasteiger partial charge in [0.2, 0.25) is 0 Å². The third-order valence-electron chi connectivity index (χ3n) is 13.8. The highest BCUT2D eigenvalue weighted by Gasteiger charge is 2.68. The Labute approximate surface area is 407 Å². The summed E-state index contributed by atoms with van der Waals surface area (Å²) in [5.74, 6) is -3.62. The smallest absolute Gasteiger partial charge is 0.448 e. The maximum Gasteiger partial charge on any atom is 0.469 e. The molecule has 0 aliphatic carbocycles. The van der Waals surface area contributed by atoms with Gasteiger partial charge in [0.25, 0.3) is 5.91 Å². The van der Waals surface area contributed by atoms with E-state index in [1.54, 1.807) is 64.1 Å². The number of phosphoric ester groups is 1. The van der Waals surface area contributed by atoms with Crippen LogP contribution in [0.3, 0.4) is 0 Å². The van der Waals surface area contributed by atoms with Gasteiger partial charge in [-0.1, -0.05) is 83.6 Å². The number of oxazole rings is 1. The van der Waals surface area contributed by atoms with Crippen LogP contribution in [0.25, 0.3) is 6.08 Å². The molecule has 1 spiro atoms. The Bertz CT molecular complexity index is 2030. The number of methoxy groups -OCH3 is 2. The zero-order valence-electron chi connectivity index (χ0n) is 42.2. The van der Waals surface area contributed by atoms with E-state index in [2.05, 4.69) is 10.3 Å². The molecular weight excluding hydrogens is 916 g/mol.